The standard InChI is InChI=1S/C52H100O6/c1-46(2)38-32-26-20-15-12-10-8-7-9-11-13-17-23-29-35-41-50(53)56-44-49(45-57-51(54)42-36-30-25-19-22-28-34-40-48(5)6)58-52(55)43-37-31-24-18-14-16-21-27-33-39-47(3)4/h46-49H,7-45H2,1-6H3/t49-/m1/s1. The van der Waals surface area contributed by atoms with Crippen LogP contribution in [-0.4, -0.2) is 37.2 Å². The average molecular weight is 821 g/mol. The molecule has 344 valence electrons. The molecule has 6 heteroatoms. The van der Waals surface area contributed by atoms with Gasteiger partial charge in [0.1, 0.15) is 13.2 Å². The molecule has 0 aromatic rings. The van der Waals surface area contributed by atoms with Gasteiger partial charge in [-0.25, -0.2) is 0 Å². The minimum atomic E-state index is -0.763. The Morgan fingerprint density at radius 3 is 0.741 bits per heavy atom. The molecule has 0 aliphatic rings. The Morgan fingerprint density at radius 2 is 0.500 bits per heavy atom. The van der Waals surface area contributed by atoms with Gasteiger partial charge < -0.3 is 14.2 Å². The van der Waals surface area contributed by atoms with Crippen LogP contribution in [0.1, 0.15) is 279 Å². The second-order valence-corrected chi connectivity index (χ2v) is 19.2. The number of carbonyl (C=O) groups is 3. The minimum Gasteiger partial charge on any atom is -0.462 e. The zero-order valence-electron chi connectivity index (χ0n) is 39.8. The number of unbranched alkanes of at least 4 members (excludes halogenated alkanes) is 28. The van der Waals surface area contributed by atoms with E-state index in [0.717, 1.165) is 75.5 Å². The zero-order chi connectivity index (χ0) is 42.7. The summed E-state index contributed by atoms with van der Waals surface area (Å²) in [4.78, 5) is 37.9. The molecule has 0 unspecified atom stereocenters. The Balaban J connectivity index is 4.26. The normalized spacial score (nSPS) is 12.2. The molecule has 0 radical (unpaired) electrons. The maximum atomic E-state index is 12.7. The maximum absolute atomic E-state index is 12.7. The van der Waals surface area contributed by atoms with Gasteiger partial charge in [0.2, 0.25) is 0 Å². The Hall–Kier alpha value is -1.59. The first-order chi connectivity index (χ1) is 28.1. The summed E-state index contributed by atoms with van der Waals surface area (Å²) in [6.07, 6.45) is 42.5. The van der Waals surface area contributed by atoms with Crippen LogP contribution in [0, 0.1) is 17.8 Å². The fraction of sp³-hybridized carbons (Fsp3) is 0.942. The van der Waals surface area contributed by atoms with E-state index in [1.807, 2.05) is 0 Å². The number of esters is 3. The molecule has 6 nitrogen and oxygen atoms in total. The summed E-state index contributed by atoms with van der Waals surface area (Å²) in [6.45, 7) is 13.7. The lowest BCUT2D eigenvalue weighted by Crippen LogP contribution is -2.30. The van der Waals surface area contributed by atoms with Crippen molar-refractivity contribution in [2.45, 2.75) is 285 Å². The minimum absolute atomic E-state index is 0.0653. The SMILES string of the molecule is CC(C)CCCCCCCCCCCCCCCCCC(=O)OC[C@H](COC(=O)CCCCCCCCCC(C)C)OC(=O)CCCCCCCCCCCC(C)C. The number of rotatable bonds is 45. The van der Waals surface area contributed by atoms with Crippen LogP contribution in [-0.2, 0) is 28.6 Å². The molecule has 0 rings (SSSR count). The molecule has 0 aromatic heterocycles. The van der Waals surface area contributed by atoms with Gasteiger partial charge in [0.15, 0.2) is 6.10 Å². The van der Waals surface area contributed by atoms with Crippen LogP contribution >= 0.6 is 0 Å². The van der Waals surface area contributed by atoms with E-state index in [0.29, 0.717) is 19.3 Å². The van der Waals surface area contributed by atoms with Crippen molar-refractivity contribution in [2.24, 2.45) is 17.8 Å². The summed E-state index contributed by atoms with van der Waals surface area (Å²) in [5.41, 5.74) is 0. The lowest BCUT2D eigenvalue weighted by molar-refractivity contribution is -0.167. The molecule has 0 saturated heterocycles. The van der Waals surface area contributed by atoms with Crippen molar-refractivity contribution >= 4 is 17.9 Å². The third-order valence-electron chi connectivity index (χ3n) is 11.6. The van der Waals surface area contributed by atoms with Crippen molar-refractivity contribution in [3.63, 3.8) is 0 Å². The number of carbonyl (C=O) groups excluding carboxylic acids is 3. The summed E-state index contributed by atoms with van der Waals surface area (Å²) < 4.78 is 16.8. The topological polar surface area (TPSA) is 78.9 Å². The maximum Gasteiger partial charge on any atom is 0.306 e. The zero-order valence-corrected chi connectivity index (χ0v) is 39.8. The quantitative estimate of drug-likeness (QED) is 0.0346. The Bertz CT molecular complexity index is 898. The first-order valence-corrected chi connectivity index (χ1v) is 25.6. The highest BCUT2D eigenvalue weighted by atomic mass is 16.6. The molecule has 0 aromatic carbocycles. The van der Waals surface area contributed by atoms with Gasteiger partial charge in [-0.05, 0) is 37.0 Å². The fourth-order valence-electron chi connectivity index (χ4n) is 7.76. The van der Waals surface area contributed by atoms with Gasteiger partial charge in [0.05, 0.1) is 0 Å². The Morgan fingerprint density at radius 1 is 0.293 bits per heavy atom. The molecule has 0 bridgehead atoms. The van der Waals surface area contributed by atoms with Gasteiger partial charge in [-0.15, -0.1) is 0 Å². The van der Waals surface area contributed by atoms with Crippen LogP contribution in [0.15, 0.2) is 0 Å². The molecular weight excluding hydrogens is 721 g/mol. The largest absolute Gasteiger partial charge is 0.462 e. The molecule has 0 amide bonds. The summed E-state index contributed by atoms with van der Waals surface area (Å²) in [6, 6.07) is 0. The van der Waals surface area contributed by atoms with E-state index in [1.165, 1.54) is 161 Å². The molecule has 1 atom stereocenters. The van der Waals surface area contributed by atoms with Crippen LogP contribution in [0.5, 0.6) is 0 Å². The van der Waals surface area contributed by atoms with Crippen molar-refractivity contribution in [1.82, 2.24) is 0 Å². The molecule has 0 aliphatic heterocycles. The molecule has 0 aliphatic carbocycles. The van der Waals surface area contributed by atoms with Gasteiger partial charge in [0.25, 0.3) is 0 Å². The first-order valence-electron chi connectivity index (χ1n) is 25.6. The van der Waals surface area contributed by atoms with E-state index in [1.54, 1.807) is 0 Å². The van der Waals surface area contributed by atoms with E-state index in [9.17, 15) is 14.4 Å². The van der Waals surface area contributed by atoms with Crippen LogP contribution in [0.25, 0.3) is 0 Å². The lowest BCUT2D eigenvalue weighted by Gasteiger charge is -2.18. The Labute approximate surface area is 361 Å². The molecule has 0 spiro atoms. The molecule has 0 N–H and O–H groups in total. The second-order valence-electron chi connectivity index (χ2n) is 19.2. The third-order valence-corrected chi connectivity index (χ3v) is 11.6. The van der Waals surface area contributed by atoms with Gasteiger partial charge in [0, 0.05) is 19.3 Å². The van der Waals surface area contributed by atoms with E-state index >= 15 is 0 Å². The first kappa shape index (κ1) is 56.4. The predicted octanol–water partition coefficient (Wildman–Crippen LogP) is 16.4. The average Bonchev–Trinajstić information content (AvgIpc) is 3.18. The van der Waals surface area contributed by atoms with Crippen LogP contribution in [0.3, 0.4) is 0 Å². The summed E-state index contributed by atoms with van der Waals surface area (Å²) in [7, 11) is 0. The summed E-state index contributed by atoms with van der Waals surface area (Å²) >= 11 is 0. The molecule has 58 heavy (non-hydrogen) atoms. The van der Waals surface area contributed by atoms with E-state index in [4.69, 9.17) is 14.2 Å². The fourth-order valence-corrected chi connectivity index (χ4v) is 7.76. The molecule has 0 fully saturated rings. The van der Waals surface area contributed by atoms with Gasteiger partial charge in [-0.3, -0.25) is 14.4 Å². The molecule has 0 saturated carbocycles. The van der Waals surface area contributed by atoms with Crippen LogP contribution in [0.4, 0.5) is 0 Å². The van der Waals surface area contributed by atoms with Gasteiger partial charge >= 0.3 is 17.9 Å². The van der Waals surface area contributed by atoms with Gasteiger partial charge in [-0.1, -0.05) is 241 Å². The number of ether oxygens (including phenoxy) is 3. The third kappa shape index (κ3) is 45.5. The monoisotopic (exact) mass is 821 g/mol. The van der Waals surface area contributed by atoms with E-state index in [-0.39, 0.29) is 31.1 Å². The highest BCUT2D eigenvalue weighted by Crippen LogP contribution is 2.17. The number of hydrogen-bond acceptors (Lipinski definition) is 6. The van der Waals surface area contributed by atoms with Gasteiger partial charge in [-0.2, -0.15) is 0 Å². The molecule has 0 heterocycles. The van der Waals surface area contributed by atoms with Crippen molar-refractivity contribution in [1.29, 1.82) is 0 Å². The Kier molecular flexibility index (Phi) is 42.3. The highest BCUT2D eigenvalue weighted by Gasteiger charge is 2.19. The predicted molar refractivity (Wildman–Crippen MR) is 247 cm³/mol. The smallest absolute Gasteiger partial charge is 0.306 e. The summed E-state index contributed by atoms with van der Waals surface area (Å²) in [5, 5.41) is 0. The lowest BCUT2D eigenvalue weighted by atomic mass is 10.0. The number of hydrogen-bond donors (Lipinski definition) is 0. The van der Waals surface area contributed by atoms with Crippen molar-refractivity contribution < 1.29 is 28.6 Å². The van der Waals surface area contributed by atoms with Crippen molar-refractivity contribution in [3.05, 3.63) is 0 Å². The van der Waals surface area contributed by atoms with Crippen LogP contribution in [0.2, 0.25) is 0 Å². The van der Waals surface area contributed by atoms with Crippen molar-refractivity contribution in [3.8, 4) is 0 Å². The van der Waals surface area contributed by atoms with Crippen LogP contribution < -0.4 is 0 Å². The van der Waals surface area contributed by atoms with E-state index < -0.39 is 6.10 Å². The van der Waals surface area contributed by atoms with E-state index in [2.05, 4.69) is 41.5 Å². The van der Waals surface area contributed by atoms with Crippen molar-refractivity contribution in [2.75, 3.05) is 13.2 Å². The molecular formula is C52H100O6. The highest BCUT2D eigenvalue weighted by molar-refractivity contribution is 5.71. The summed E-state index contributed by atoms with van der Waals surface area (Å²) in [5.74, 6) is 1.58. The second kappa shape index (κ2) is 43.5.